The van der Waals surface area contributed by atoms with Gasteiger partial charge >= 0.3 is 5.97 Å². The first-order valence-corrected chi connectivity index (χ1v) is 3.98. The molecule has 1 heterocycles. The van der Waals surface area contributed by atoms with E-state index in [0.29, 0.717) is 0 Å². The van der Waals surface area contributed by atoms with E-state index in [1.165, 1.54) is 13.8 Å². The summed E-state index contributed by atoms with van der Waals surface area (Å²) in [7, 11) is 0. The largest absolute Gasteiger partial charge is 0.475 e. The number of rotatable bonds is 3. The Morgan fingerprint density at radius 2 is 2.07 bits per heavy atom. The summed E-state index contributed by atoms with van der Waals surface area (Å²) >= 11 is 0. The summed E-state index contributed by atoms with van der Waals surface area (Å²) < 4.78 is 29.2. The molecule has 15 heavy (non-hydrogen) atoms. The molecule has 1 aromatic rings. The molecule has 0 unspecified atom stereocenters. The van der Waals surface area contributed by atoms with Gasteiger partial charge in [0.05, 0.1) is 0 Å². The van der Waals surface area contributed by atoms with Gasteiger partial charge in [-0.3, -0.25) is 0 Å². The van der Waals surface area contributed by atoms with Gasteiger partial charge in [0.1, 0.15) is 5.60 Å². The summed E-state index contributed by atoms with van der Waals surface area (Å²) in [5.41, 5.74) is -2.57. The molecule has 7 heteroatoms. The van der Waals surface area contributed by atoms with Crippen LogP contribution in [0.25, 0.3) is 0 Å². The number of hydrogen-bond acceptors (Lipinski definition) is 4. The highest BCUT2D eigenvalue weighted by molar-refractivity contribution is 5.85. The van der Waals surface area contributed by atoms with Crippen LogP contribution in [0, 0.1) is 0 Å². The van der Waals surface area contributed by atoms with Crippen LogP contribution in [-0.2, 0) is 5.60 Å². The minimum Gasteiger partial charge on any atom is -0.475 e. The maximum Gasteiger partial charge on any atom is 0.374 e. The first-order valence-electron chi connectivity index (χ1n) is 3.98. The smallest absolute Gasteiger partial charge is 0.374 e. The number of nitrogens with zero attached hydrogens (tertiary/aromatic N) is 1. The van der Waals surface area contributed by atoms with Gasteiger partial charge in [-0.25, -0.2) is 18.6 Å². The van der Waals surface area contributed by atoms with Crippen molar-refractivity contribution in [2.24, 2.45) is 0 Å². The molecular weight excluding hydrogens is 212 g/mol. The van der Waals surface area contributed by atoms with Crippen molar-refractivity contribution in [2.45, 2.75) is 25.9 Å². The number of hydrogen-bond donors (Lipinski definition) is 2. The second kappa shape index (κ2) is 3.58. The molecule has 0 aliphatic carbocycles. The Morgan fingerprint density at radius 3 is 2.33 bits per heavy atom. The number of oxazole rings is 1. The van der Waals surface area contributed by atoms with E-state index < -0.39 is 35.3 Å². The number of halogens is 2. The van der Waals surface area contributed by atoms with Crippen LogP contribution in [0.4, 0.5) is 8.78 Å². The van der Waals surface area contributed by atoms with Crippen molar-refractivity contribution in [2.75, 3.05) is 0 Å². The standard InChI is InChI=1S/C8H9F2NO4/c1-8(2,14)7-11-3(5(9)10)4(15-7)6(12)13/h5,14H,1-2H3,(H,12,13). The molecule has 0 aromatic carbocycles. The van der Waals surface area contributed by atoms with Gasteiger partial charge in [0.25, 0.3) is 6.43 Å². The Bertz CT molecular complexity index is 380. The molecule has 1 aromatic heterocycles. The molecular formula is C8H9F2NO4. The fraction of sp³-hybridized carbons (Fsp3) is 0.500. The second-order valence-electron chi connectivity index (χ2n) is 3.40. The van der Waals surface area contributed by atoms with Crippen LogP contribution in [0.15, 0.2) is 4.42 Å². The molecule has 5 nitrogen and oxygen atoms in total. The highest BCUT2D eigenvalue weighted by Gasteiger charge is 2.31. The molecule has 0 saturated carbocycles. The molecule has 0 saturated heterocycles. The van der Waals surface area contributed by atoms with Crippen LogP contribution in [-0.4, -0.2) is 21.2 Å². The van der Waals surface area contributed by atoms with E-state index in [-0.39, 0.29) is 0 Å². The number of carboxylic acid groups (broad SMARTS) is 1. The molecule has 0 aliphatic rings. The van der Waals surface area contributed by atoms with Crippen molar-refractivity contribution in [3.05, 3.63) is 17.3 Å². The molecule has 84 valence electrons. The number of aromatic nitrogens is 1. The lowest BCUT2D eigenvalue weighted by molar-refractivity contribution is 0.0440. The van der Waals surface area contributed by atoms with Crippen LogP contribution in [0.2, 0.25) is 0 Å². The van der Waals surface area contributed by atoms with Gasteiger partial charge in [0.15, 0.2) is 5.69 Å². The molecule has 0 radical (unpaired) electrons. The summed E-state index contributed by atoms with van der Waals surface area (Å²) in [4.78, 5) is 13.8. The van der Waals surface area contributed by atoms with Gasteiger partial charge in [-0.2, -0.15) is 0 Å². The monoisotopic (exact) mass is 221 g/mol. The third-order valence-corrected chi connectivity index (χ3v) is 1.58. The minimum absolute atomic E-state index is 0.449. The minimum atomic E-state index is -3.06. The Kier molecular flexibility index (Phi) is 2.76. The first kappa shape index (κ1) is 11.6. The molecule has 0 amide bonds. The van der Waals surface area contributed by atoms with E-state index in [0.717, 1.165) is 0 Å². The van der Waals surface area contributed by atoms with E-state index in [1.807, 2.05) is 0 Å². The summed E-state index contributed by atoms with van der Waals surface area (Å²) in [5, 5.41) is 17.9. The number of aliphatic hydroxyl groups is 1. The van der Waals surface area contributed by atoms with Crippen molar-refractivity contribution in [3.8, 4) is 0 Å². The molecule has 0 spiro atoms. The van der Waals surface area contributed by atoms with Crippen molar-refractivity contribution in [3.63, 3.8) is 0 Å². The molecule has 1 rings (SSSR count). The lowest BCUT2D eigenvalue weighted by Crippen LogP contribution is -2.15. The topological polar surface area (TPSA) is 83.6 Å². The third-order valence-electron chi connectivity index (χ3n) is 1.58. The molecule has 0 fully saturated rings. The van der Waals surface area contributed by atoms with Crippen LogP contribution < -0.4 is 0 Å². The predicted octanol–water partition coefficient (Wildman–Crippen LogP) is 1.54. The van der Waals surface area contributed by atoms with Gasteiger partial charge < -0.3 is 14.6 Å². The average Bonchev–Trinajstić information content (AvgIpc) is 2.45. The van der Waals surface area contributed by atoms with E-state index >= 15 is 0 Å². The maximum absolute atomic E-state index is 12.3. The van der Waals surface area contributed by atoms with Crippen molar-refractivity contribution in [1.29, 1.82) is 0 Å². The second-order valence-corrected chi connectivity index (χ2v) is 3.40. The zero-order valence-electron chi connectivity index (χ0n) is 7.99. The van der Waals surface area contributed by atoms with Gasteiger partial charge in [-0.05, 0) is 13.8 Å². The van der Waals surface area contributed by atoms with Gasteiger partial charge in [0.2, 0.25) is 11.7 Å². The third kappa shape index (κ3) is 2.30. The lowest BCUT2D eigenvalue weighted by Gasteiger charge is -2.10. The molecule has 0 atom stereocenters. The van der Waals surface area contributed by atoms with E-state index in [1.54, 1.807) is 0 Å². The highest BCUT2D eigenvalue weighted by atomic mass is 19.3. The molecule has 2 N–H and O–H groups in total. The Hall–Kier alpha value is -1.50. The fourth-order valence-electron chi connectivity index (χ4n) is 0.895. The Balaban J connectivity index is 3.28. The SMILES string of the molecule is CC(C)(O)c1nc(C(F)F)c(C(=O)O)o1. The summed E-state index contributed by atoms with van der Waals surface area (Å²) in [6.45, 7) is 2.50. The van der Waals surface area contributed by atoms with Crippen molar-refractivity contribution < 1.29 is 28.2 Å². The maximum atomic E-state index is 12.3. The summed E-state index contributed by atoms with van der Waals surface area (Å²) in [6.07, 6.45) is -3.06. The molecule has 0 bridgehead atoms. The molecule has 0 aliphatic heterocycles. The predicted molar refractivity (Wildman–Crippen MR) is 43.7 cm³/mol. The van der Waals surface area contributed by atoms with Crippen LogP contribution in [0.5, 0.6) is 0 Å². The van der Waals surface area contributed by atoms with E-state index in [4.69, 9.17) is 5.11 Å². The van der Waals surface area contributed by atoms with Crippen molar-refractivity contribution >= 4 is 5.97 Å². The zero-order valence-corrected chi connectivity index (χ0v) is 7.99. The Morgan fingerprint density at radius 1 is 1.53 bits per heavy atom. The number of carboxylic acids is 1. The highest BCUT2D eigenvalue weighted by Crippen LogP contribution is 2.27. The normalized spacial score (nSPS) is 12.1. The van der Waals surface area contributed by atoms with Crippen LogP contribution >= 0.6 is 0 Å². The fourth-order valence-corrected chi connectivity index (χ4v) is 0.895. The van der Waals surface area contributed by atoms with Crippen LogP contribution in [0.3, 0.4) is 0 Å². The average molecular weight is 221 g/mol. The van der Waals surface area contributed by atoms with Gasteiger partial charge in [-0.15, -0.1) is 0 Å². The van der Waals surface area contributed by atoms with E-state index in [2.05, 4.69) is 9.40 Å². The quantitative estimate of drug-likeness (QED) is 0.808. The Labute approximate surface area is 83.4 Å². The van der Waals surface area contributed by atoms with Crippen molar-refractivity contribution in [1.82, 2.24) is 4.98 Å². The number of carbonyl (C=O) groups is 1. The van der Waals surface area contributed by atoms with E-state index in [9.17, 15) is 18.7 Å². The summed E-state index contributed by atoms with van der Waals surface area (Å²) in [6, 6.07) is 0. The number of aromatic carboxylic acids is 1. The first-order chi connectivity index (χ1) is 6.73. The summed E-state index contributed by atoms with van der Waals surface area (Å²) in [5.74, 6) is -3.04. The lowest BCUT2D eigenvalue weighted by atomic mass is 10.1. The zero-order chi connectivity index (χ0) is 11.8. The number of alkyl halides is 2. The van der Waals surface area contributed by atoms with Gasteiger partial charge in [0, 0.05) is 0 Å². The van der Waals surface area contributed by atoms with Gasteiger partial charge in [-0.1, -0.05) is 0 Å². The van der Waals surface area contributed by atoms with Crippen LogP contribution in [0.1, 0.15) is 42.4 Å².